The molecule has 18 heavy (non-hydrogen) atoms. The molecule has 1 saturated heterocycles. The van der Waals surface area contributed by atoms with Gasteiger partial charge in [0.2, 0.25) is 0 Å². The third-order valence-corrected chi connectivity index (χ3v) is 2.74. The summed E-state index contributed by atoms with van der Waals surface area (Å²) in [7, 11) is -0.236. The lowest BCUT2D eigenvalue weighted by Gasteiger charge is -2.32. The van der Waals surface area contributed by atoms with Crippen LogP contribution in [0.1, 0.15) is 27.7 Å². The molecule has 0 amide bonds. The first-order chi connectivity index (χ1) is 7.83. The standard InChI is InChI=1S/C7H16BNO2.C2HF3O2/c1-6(2)7(3,4)11-8(5-9)10-6;3-2(4,5)1(6)7/h5,9H2,1-4H3;(H,6,7). The van der Waals surface area contributed by atoms with Crippen LogP contribution in [0.4, 0.5) is 13.2 Å². The highest BCUT2D eigenvalue weighted by atomic mass is 19.4. The molecule has 0 spiro atoms. The van der Waals surface area contributed by atoms with Crippen molar-refractivity contribution in [3.63, 3.8) is 0 Å². The highest BCUT2D eigenvalue weighted by Gasteiger charge is 2.50. The van der Waals surface area contributed by atoms with Crippen LogP contribution in [0.3, 0.4) is 0 Å². The maximum absolute atomic E-state index is 10.6. The van der Waals surface area contributed by atoms with E-state index in [9.17, 15) is 13.2 Å². The lowest BCUT2D eigenvalue weighted by atomic mass is 9.90. The molecule has 0 saturated carbocycles. The topological polar surface area (TPSA) is 81.8 Å². The molecular weight excluding hydrogens is 254 g/mol. The number of aliphatic carboxylic acids is 1. The lowest BCUT2D eigenvalue weighted by Crippen LogP contribution is -2.41. The summed E-state index contributed by atoms with van der Waals surface area (Å²) in [6.07, 6.45) is -4.66. The number of carbonyl (C=O) groups is 1. The molecule has 0 aromatic heterocycles. The third-order valence-electron chi connectivity index (χ3n) is 2.74. The van der Waals surface area contributed by atoms with Gasteiger partial charge in [-0.15, -0.1) is 0 Å². The highest BCUT2D eigenvalue weighted by Crippen LogP contribution is 2.36. The van der Waals surface area contributed by atoms with Crippen molar-refractivity contribution in [2.75, 3.05) is 6.44 Å². The normalized spacial score (nSPS) is 21.2. The van der Waals surface area contributed by atoms with Crippen LogP contribution in [-0.2, 0) is 14.1 Å². The summed E-state index contributed by atoms with van der Waals surface area (Å²) in [6, 6.07) is 0. The molecule has 1 heterocycles. The number of carboxylic acids is 1. The van der Waals surface area contributed by atoms with Gasteiger partial charge in [-0.3, -0.25) is 0 Å². The van der Waals surface area contributed by atoms with Crippen molar-refractivity contribution in [3.8, 4) is 0 Å². The molecule has 0 aliphatic carbocycles. The molecular formula is C9H17BF3NO4. The summed E-state index contributed by atoms with van der Waals surface area (Å²) in [5, 5.41) is 7.12. The Labute approximate surface area is 104 Å². The van der Waals surface area contributed by atoms with E-state index in [4.69, 9.17) is 24.9 Å². The second-order valence-electron chi connectivity index (χ2n) is 4.72. The number of hydrogen-bond acceptors (Lipinski definition) is 4. The van der Waals surface area contributed by atoms with Gasteiger partial charge in [-0.2, -0.15) is 13.2 Å². The number of nitrogens with two attached hydrogens (primary N) is 1. The van der Waals surface area contributed by atoms with E-state index >= 15 is 0 Å². The first kappa shape index (κ1) is 17.2. The van der Waals surface area contributed by atoms with Crippen LogP contribution in [0.2, 0.25) is 0 Å². The van der Waals surface area contributed by atoms with Crippen LogP contribution in [0, 0.1) is 0 Å². The Morgan fingerprint density at radius 1 is 1.22 bits per heavy atom. The number of halogens is 3. The van der Waals surface area contributed by atoms with Crippen molar-refractivity contribution < 1.29 is 32.4 Å². The predicted molar refractivity (Wildman–Crippen MR) is 58.8 cm³/mol. The first-order valence-electron chi connectivity index (χ1n) is 5.19. The molecule has 1 rings (SSSR count). The summed E-state index contributed by atoms with van der Waals surface area (Å²) in [4.78, 5) is 8.90. The maximum Gasteiger partial charge on any atom is 0.490 e. The van der Waals surface area contributed by atoms with Gasteiger partial charge in [0, 0.05) is 6.44 Å². The number of hydrogen-bond donors (Lipinski definition) is 2. The van der Waals surface area contributed by atoms with E-state index < -0.39 is 12.1 Å². The monoisotopic (exact) mass is 271 g/mol. The van der Waals surface area contributed by atoms with Gasteiger partial charge in [-0.05, 0) is 27.7 Å². The Hall–Kier alpha value is -0.795. The minimum atomic E-state index is -5.08. The molecule has 5 nitrogen and oxygen atoms in total. The van der Waals surface area contributed by atoms with Crippen molar-refractivity contribution in [2.45, 2.75) is 45.1 Å². The highest BCUT2D eigenvalue weighted by molar-refractivity contribution is 6.45. The Balaban J connectivity index is 0.000000360. The van der Waals surface area contributed by atoms with Crippen molar-refractivity contribution in [1.29, 1.82) is 0 Å². The Bertz CT molecular complexity index is 291. The molecule has 0 radical (unpaired) electrons. The van der Waals surface area contributed by atoms with E-state index in [1.54, 1.807) is 0 Å². The van der Waals surface area contributed by atoms with E-state index in [1.165, 1.54) is 0 Å². The van der Waals surface area contributed by atoms with Crippen LogP contribution in [0.15, 0.2) is 0 Å². The molecule has 0 unspecified atom stereocenters. The maximum atomic E-state index is 10.6. The summed E-state index contributed by atoms with van der Waals surface area (Å²) in [6.45, 7) is 8.07. The zero-order chi connectivity index (χ0) is 14.8. The molecule has 0 aromatic rings. The average molecular weight is 271 g/mol. The Kier molecular flexibility index (Phi) is 5.21. The fourth-order valence-corrected chi connectivity index (χ4v) is 1.06. The van der Waals surface area contributed by atoms with E-state index in [0.717, 1.165) is 0 Å². The molecule has 3 N–H and O–H groups in total. The van der Waals surface area contributed by atoms with Gasteiger partial charge in [0.25, 0.3) is 0 Å². The Morgan fingerprint density at radius 3 is 1.61 bits per heavy atom. The zero-order valence-corrected chi connectivity index (χ0v) is 10.7. The van der Waals surface area contributed by atoms with Gasteiger partial charge >= 0.3 is 19.3 Å². The summed E-state index contributed by atoms with van der Waals surface area (Å²) in [5.41, 5.74) is 4.95. The van der Waals surface area contributed by atoms with Crippen LogP contribution in [0.25, 0.3) is 0 Å². The fourth-order valence-electron chi connectivity index (χ4n) is 1.06. The molecule has 9 heteroatoms. The van der Waals surface area contributed by atoms with Crippen LogP contribution in [0.5, 0.6) is 0 Å². The van der Waals surface area contributed by atoms with Gasteiger partial charge in [-0.25, -0.2) is 4.79 Å². The molecule has 0 bridgehead atoms. The van der Waals surface area contributed by atoms with Crippen molar-refractivity contribution in [3.05, 3.63) is 0 Å². The van der Waals surface area contributed by atoms with Gasteiger partial charge in [0.05, 0.1) is 11.2 Å². The fraction of sp³-hybridized carbons (Fsp3) is 0.889. The molecule has 106 valence electrons. The smallest absolute Gasteiger partial charge is 0.475 e. The summed E-state index contributed by atoms with van der Waals surface area (Å²) in [5.74, 6) is -2.76. The van der Waals surface area contributed by atoms with Gasteiger partial charge < -0.3 is 20.1 Å². The minimum Gasteiger partial charge on any atom is -0.475 e. The lowest BCUT2D eigenvalue weighted by molar-refractivity contribution is -0.192. The predicted octanol–water partition coefficient (Wildman–Crippen LogP) is 1.21. The SMILES string of the molecule is CC1(C)OB(CN)OC1(C)C.O=C(O)C(F)(F)F. The quantitative estimate of drug-likeness (QED) is 0.700. The van der Waals surface area contributed by atoms with E-state index in [2.05, 4.69) is 0 Å². The van der Waals surface area contributed by atoms with Gasteiger partial charge in [0.1, 0.15) is 0 Å². The minimum absolute atomic E-state index is 0.236. The van der Waals surface area contributed by atoms with E-state index in [-0.39, 0.29) is 18.3 Å². The second kappa shape index (κ2) is 5.46. The number of alkyl halides is 3. The van der Waals surface area contributed by atoms with Gasteiger partial charge in [0.15, 0.2) is 0 Å². The van der Waals surface area contributed by atoms with Crippen LogP contribution in [-0.4, -0.2) is 42.0 Å². The first-order valence-corrected chi connectivity index (χ1v) is 5.19. The molecule has 0 aromatic carbocycles. The van der Waals surface area contributed by atoms with Crippen LogP contribution >= 0.6 is 0 Å². The average Bonchev–Trinajstić information content (AvgIpc) is 2.35. The van der Waals surface area contributed by atoms with Crippen molar-refractivity contribution in [2.24, 2.45) is 5.73 Å². The molecule has 0 atom stereocenters. The van der Waals surface area contributed by atoms with E-state index in [1.807, 2.05) is 27.7 Å². The molecule has 1 aliphatic heterocycles. The largest absolute Gasteiger partial charge is 0.490 e. The summed E-state index contributed by atoms with van der Waals surface area (Å²) >= 11 is 0. The van der Waals surface area contributed by atoms with Crippen molar-refractivity contribution >= 4 is 13.1 Å². The number of carboxylic acid groups (broad SMARTS) is 1. The summed E-state index contributed by atoms with van der Waals surface area (Å²) < 4.78 is 42.9. The molecule has 1 aliphatic rings. The third kappa shape index (κ3) is 4.47. The number of rotatable bonds is 1. The van der Waals surface area contributed by atoms with Gasteiger partial charge in [-0.1, -0.05) is 0 Å². The second-order valence-corrected chi connectivity index (χ2v) is 4.72. The Morgan fingerprint density at radius 2 is 1.50 bits per heavy atom. The zero-order valence-electron chi connectivity index (χ0n) is 10.7. The van der Waals surface area contributed by atoms with E-state index in [0.29, 0.717) is 6.44 Å². The van der Waals surface area contributed by atoms with Crippen molar-refractivity contribution in [1.82, 2.24) is 0 Å². The van der Waals surface area contributed by atoms with Crippen LogP contribution < -0.4 is 5.73 Å². The molecule has 1 fully saturated rings.